The second kappa shape index (κ2) is 8.23. The van der Waals surface area contributed by atoms with Crippen LogP contribution in [0.15, 0.2) is 23.8 Å². The van der Waals surface area contributed by atoms with Gasteiger partial charge in [0.25, 0.3) is 5.91 Å². The van der Waals surface area contributed by atoms with Crippen LogP contribution in [0, 0.1) is 12.3 Å². The lowest BCUT2D eigenvalue weighted by atomic mass is 9.98. The smallest absolute Gasteiger partial charge is 0.396 e. The van der Waals surface area contributed by atoms with E-state index in [1.165, 1.54) is 11.8 Å². The molecule has 11 heteroatoms. The van der Waals surface area contributed by atoms with E-state index < -0.39 is 17.4 Å². The van der Waals surface area contributed by atoms with Crippen LogP contribution in [0.25, 0.3) is 5.70 Å². The summed E-state index contributed by atoms with van der Waals surface area (Å²) in [6.45, 7) is 1.77. The number of amides is 1. The predicted octanol–water partition coefficient (Wildman–Crippen LogP) is 4.17. The zero-order valence-corrected chi connectivity index (χ0v) is 17.2. The fourth-order valence-corrected chi connectivity index (χ4v) is 3.61. The van der Waals surface area contributed by atoms with Crippen LogP contribution in [-0.2, 0) is 13.0 Å². The van der Waals surface area contributed by atoms with Gasteiger partial charge >= 0.3 is 6.18 Å². The average Bonchev–Trinajstić information content (AvgIpc) is 2.67. The van der Waals surface area contributed by atoms with Crippen molar-refractivity contribution in [3.8, 4) is 0 Å². The first-order valence-corrected chi connectivity index (χ1v) is 9.47. The van der Waals surface area contributed by atoms with E-state index in [1.807, 2.05) is 0 Å². The Labute approximate surface area is 180 Å². The number of hydrogen-bond acceptors (Lipinski definition) is 5. The summed E-state index contributed by atoms with van der Waals surface area (Å²) in [6.07, 6.45) is -4.44. The maximum absolute atomic E-state index is 13.2. The molecule has 1 aromatic heterocycles. The Kier molecular flexibility index (Phi) is 6.05. The summed E-state index contributed by atoms with van der Waals surface area (Å²) in [7, 11) is 0. The van der Waals surface area contributed by atoms with Crippen molar-refractivity contribution in [1.82, 2.24) is 14.9 Å². The molecule has 0 aliphatic carbocycles. The van der Waals surface area contributed by atoms with E-state index in [-0.39, 0.29) is 58.8 Å². The predicted molar refractivity (Wildman–Crippen MR) is 108 cm³/mol. The molecule has 2 aromatic rings. The van der Waals surface area contributed by atoms with Gasteiger partial charge in [-0.25, -0.2) is 9.97 Å². The van der Waals surface area contributed by atoms with Crippen LogP contribution in [0.4, 0.5) is 13.2 Å². The van der Waals surface area contributed by atoms with E-state index >= 15 is 0 Å². The molecule has 1 aliphatic heterocycles. The van der Waals surface area contributed by atoms with Gasteiger partial charge in [-0.3, -0.25) is 4.79 Å². The molecule has 158 valence electrons. The first kappa shape index (κ1) is 22.0. The van der Waals surface area contributed by atoms with Crippen LogP contribution >= 0.6 is 23.2 Å². The Bertz CT molecular complexity index is 1070. The van der Waals surface area contributed by atoms with Gasteiger partial charge in [0, 0.05) is 18.3 Å². The highest BCUT2D eigenvalue weighted by atomic mass is 35.5. The van der Waals surface area contributed by atoms with Crippen molar-refractivity contribution in [3.63, 3.8) is 0 Å². The number of aromatic nitrogens is 2. The summed E-state index contributed by atoms with van der Waals surface area (Å²) in [5.41, 5.74) is 4.80. The van der Waals surface area contributed by atoms with E-state index in [9.17, 15) is 18.0 Å². The van der Waals surface area contributed by atoms with E-state index in [4.69, 9.17) is 34.3 Å². The third kappa shape index (κ3) is 4.13. The normalized spacial score (nSPS) is 14.8. The zero-order chi connectivity index (χ0) is 22.2. The van der Waals surface area contributed by atoms with Gasteiger partial charge in [-0.15, -0.1) is 0 Å². The minimum Gasteiger partial charge on any atom is -0.396 e. The number of carbonyl (C=O) groups excluding carboxylic acids is 1. The van der Waals surface area contributed by atoms with Gasteiger partial charge in [-0.05, 0) is 25.5 Å². The van der Waals surface area contributed by atoms with Gasteiger partial charge < -0.3 is 16.0 Å². The van der Waals surface area contributed by atoms with Crippen molar-refractivity contribution in [2.24, 2.45) is 5.73 Å². The number of nitrogens with two attached hydrogens (primary N) is 1. The van der Waals surface area contributed by atoms with Crippen LogP contribution in [0.2, 0.25) is 10.0 Å². The SMILES string of the molecule is Cc1nc2c(c(/C(N)=C(/C=N)C(F)(F)F)n1)CCN(C(=O)c1cccc(Cl)c1Cl)C2. The summed E-state index contributed by atoms with van der Waals surface area (Å²) in [6, 6.07) is 4.71. The Morgan fingerprint density at radius 1 is 1.30 bits per heavy atom. The highest BCUT2D eigenvalue weighted by molar-refractivity contribution is 6.43. The van der Waals surface area contributed by atoms with Crippen LogP contribution < -0.4 is 5.73 Å². The number of aryl methyl sites for hydroxylation is 1. The van der Waals surface area contributed by atoms with E-state index in [1.54, 1.807) is 18.2 Å². The quantitative estimate of drug-likeness (QED) is 0.675. The molecule has 3 rings (SSSR count). The Morgan fingerprint density at radius 2 is 2.00 bits per heavy atom. The highest BCUT2D eigenvalue weighted by Crippen LogP contribution is 2.32. The van der Waals surface area contributed by atoms with Gasteiger partial charge in [0.1, 0.15) is 5.82 Å². The monoisotopic (exact) mass is 457 g/mol. The fraction of sp³-hybridized carbons (Fsp3) is 0.263. The number of rotatable bonds is 3. The number of fused-ring (bicyclic) bond motifs is 1. The minimum atomic E-state index is -4.79. The largest absolute Gasteiger partial charge is 0.419 e. The Hall–Kier alpha value is -2.65. The van der Waals surface area contributed by atoms with Gasteiger partial charge in [-0.2, -0.15) is 13.2 Å². The van der Waals surface area contributed by atoms with Crippen LogP contribution in [0.5, 0.6) is 0 Å². The van der Waals surface area contributed by atoms with E-state index in [0.29, 0.717) is 11.3 Å². The first-order valence-electron chi connectivity index (χ1n) is 8.72. The highest BCUT2D eigenvalue weighted by Gasteiger charge is 2.36. The molecule has 1 aliphatic rings. The first-order chi connectivity index (χ1) is 14.0. The summed E-state index contributed by atoms with van der Waals surface area (Å²) >= 11 is 12.1. The molecule has 0 unspecified atom stereocenters. The number of benzene rings is 1. The minimum absolute atomic E-state index is 0.0482. The van der Waals surface area contributed by atoms with Crippen molar-refractivity contribution < 1.29 is 18.0 Å². The molecule has 0 bridgehead atoms. The van der Waals surface area contributed by atoms with Crippen molar-refractivity contribution in [2.75, 3.05) is 6.54 Å². The topological polar surface area (TPSA) is 96.0 Å². The lowest BCUT2D eigenvalue weighted by molar-refractivity contribution is -0.0852. The summed E-state index contributed by atoms with van der Waals surface area (Å²) < 4.78 is 39.6. The van der Waals surface area contributed by atoms with Crippen molar-refractivity contribution in [3.05, 3.63) is 62.2 Å². The summed E-state index contributed by atoms with van der Waals surface area (Å²) in [5, 5.41) is 7.48. The van der Waals surface area contributed by atoms with Crippen LogP contribution in [0.3, 0.4) is 0 Å². The average molecular weight is 458 g/mol. The molecule has 1 aromatic carbocycles. The summed E-state index contributed by atoms with van der Waals surface area (Å²) in [5.74, 6) is -0.168. The van der Waals surface area contributed by atoms with Crippen LogP contribution in [0.1, 0.15) is 33.1 Å². The Balaban J connectivity index is 2.02. The van der Waals surface area contributed by atoms with Crippen molar-refractivity contribution in [2.45, 2.75) is 26.1 Å². The molecular formula is C19H16Cl2F3N5O. The molecule has 30 heavy (non-hydrogen) atoms. The lowest BCUT2D eigenvalue weighted by Crippen LogP contribution is -2.37. The molecule has 0 radical (unpaired) electrons. The number of allylic oxidation sites excluding steroid dienone is 1. The van der Waals surface area contributed by atoms with Gasteiger partial charge in [-0.1, -0.05) is 29.3 Å². The number of hydrogen-bond donors (Lipinski definition) is 2. The van der Waals surface area contributed by atoms with Gasteiger partial charge in [0.2, 0.25) is 0 Å². The second-order valence-corrected chi connectivity index (χ2v) is 7.38. The number of carbonyl (C=O) groups is 1. The molecule has 0 spiro atoms. The molecule has 0 saturated carbocycles. The molecule has 2 heterocycles. The number of halogens is 5. The van der Waals surface area contributed by atoms with Crippen molar-refractivity contribution in [1.29, 1.82) is 5.41 Å². The van der Waals surface area contributed by atoms with E-state index in [2.05, 4.69) is 9.97 Å². The third-order valence-electron chi connectivity index (χ3n) is 4.64. The summed E-state index contributed by atoms with van der Waals surface area (Å²) in [4.78, 5) is 22.8. The van der Waals surface area contributed by atoms with E-state index in [0.717, 1.165) is 0 Å². The zero-order valence-electron chi connectivity index (χ0n) is 15.6. The molecule has 0 saturated heterocycles. The number of nitrogens with zero attached hydrogens (tertiary/aromatic N) is 3. The lowest BCUT2D eigenvalue weighted by Gasteiger charge is -2.30. The number of nitrogens with one attached hydrogen (secondary N) is 1. The second-order valence-electron chi connectivity index (χ2n) is 6.59. The molecule has 0 atom stereocenters. The molecule has 3 N–H and O–H groups in total. The van der Waals surface area contributed by atoms with Crippen LogP contribution in [-0.4, -0.2) is 39.7 Å². The Morgan fingerprint density at radius 3 is 2.63 bits per heavy atom. The maximum Gasteiger partial charge on any atom is 0.419 e. The van der Waals surface area contributed by atoms with Crippen molar-refractivity contribution >= 4 is 41.0 Å². The standard InChI is InChI=1S/C19H16Cl2F3N5O/c1-9-27-14-8-29(18(30)11-3-2-4-13(20)15(11)21)6-5-10(14)17(28-9)16(26)12(7-25)19(22,23)24/h2-4,7,25H,5-6,8,26H2,1H3/b16-12+,25-7?. The third-order valence-corrected chi connectivity index (χ3v) is 5.46. The molecular weight excluding hydrogens is 442 g/mol. The fourth-order valence-electron chi connectivity index (χ4n) is 3.23. The maximum atomic E-state index is 13.2. The number of alkyl halides is 3. The molecule has 1 amide bonds. The van der Waals surface area contributed by atoms with Gasteiger partial charge in [0.15, 0.2) is 0 Å². The molecule has 6 nitrogen and oxygen atoms in total. The molecule has 0 fully saturated rings. The van der Waals surface area contributed by atoms with Gasteiger partial charge in [0.05, 0.1) is 44.8 Å².